The largest absolute Gasteiger partial charge is 0.313 e. The molecule has 5 nitrogen and oxygen atoms in total. The Morgan fingerprint density at radius 2 is 1.79 bits per heavy atom. The summed E-state index contributed by atoms with van der Waals surface area (Å²) in [4.78, 5) is 29.1. The second-order valence-electron chi connectivity index (χ2n) is 7.43. The number of likely N-dealkylation sites (tertiary alicyclic amines) is 1. The number of anilines is 1. The van der Waals surface area contributed by atoms with Gasteiger partial charge in [-0.25, -0.2) is 18.2 Å². The highest BCUT2D eigenvalue weighted by Gasteiger charge is 2.33. The van der Waals surface area contributed by atoms with Gasteiger partial charge in [-0.1, -0.05) is 17.7 Å². The molecule has 1 aliphatic rings. The number of hydrogen-bond donors (Lipinski definition) is 1. The number of benzene rings is 1. The standard InChI is InChI=1S/C20H19ClF3N3O2/c1-27(11-21)7-5-12(6-8-27)19(28)16-3-2-4-17(25-16)26-20(29)18-14(23)9-13(22)10-15(18)24/h2-4,9-10,12H,5-8,11H2,1H3/p+1. The van der Waals surface area contributed by atoms with E-state index in [1.54, 1.807) is 0 Å². The molecule has 2 aromatic rings. The number of pyridine rings is 1. The van der Waals surface area contributed by atoms with Gasteiger partial charge in [-0.2, -0.15) is 0 Å². The lowest BCUT2D eigenvalue weighted by atomic mass is 9.90. The second kappa shape index (κ2) is 8.51. The molecular weight excluding hydrogens is 407 g/mol. The minimum atomic E-state index is -1.32. The van der Waals surface area contributed by atoms with Crippen molar-refractivity contribution >= 4 is 29.1 Å². The second-order valence-corrected chi connectivity index (χ2v) is 7.67. The maximum atomic E-state index is 13.8. The molecule has 1 N–H and O–H groups in total. The highest BCUT2D eigenvalue weighted by molar-refractivity contribution is 6.17. The molecule has 1 aromatic heterocycles. The number of nitrogens with one attached hydrogen (secondary N) is 1. The zero-order valence-electron chi connectivity index (χ0n) is 15.7. The third-order valence-electron chi connectivity index (χ3n) is 5.17. The van der Waals surface area contributed by atoms with Crippen molar-refractivity contribution in [3.63, 3.8) is 0 Å². The van der Waals surface area contributed by atoms with Crippen LogP contribution >= 0.6 is 11.6 Å². The Bertz CT molecular complexity index is 923. The van der Waals surface area contributed by atoms with Crippen molar-refractivity contribution in [3.8, 4) is 0 Å². The summed E-state index contributed by atoms with van der Waals surface area (Å²) < 4.78 is 41.3. The molecule has 1 aliphatic heterocycles. The summed E-state index contributed by atoms with van der Waals surface area (Å²) in [6.45, 7) is 1.55. The lowest BCUT2D eigenvalue weighted by Gasteiger charge is -2.38. The van der Waals surface area contributed by atoms with Gasteiger partial charge in [0.2, 0.25) is 0 Å². The van der Waals surface area contributed by atoms with E-state index in [9.17, 15) is 22.8 Å². The number of rotatable bonds is 5. The quantitative estimate of drug-likeness (QED) is 0.340. The average Bonchev–Trinajstić information content (AvgIpc) is 2.67. The predicted octanol–water partition coefficient (Wildman–Crippen LogP) is 3.99. The smallest absolute Gasteiger partial charge is 0.262 e. The molecule has 0 saturated carbocycles. The first-order valence-corrected chi connectivity index (χ1v) is 9.62. The van der Waals surface area contributed by atoms with Crippen LogP contribution in [0.5, 0.6) is 0 Å². The highest BCUT2D eigenvalue weighted by atomic mass is 35.5. The van der Waals surface area contributed by atoms with E-state index in [1.807, 2.05) is 7.05 Å². The fraction of sp³-hybridized carbons (Fsp3) is 0.350. The molecule has 1 fully saturated rings. The number of hydrogen-bond acceptors (Lipinski definition) is 3. The molecule has 29 heavy (non-hydrogen) atoms. The molecule has 1 amide bonds. The van der Waals surface area contributed by atoms with Crippen molar-refractivity contribution in [2.24, 2.45) is 5.92 Å². The van der Waals surface area contributed by atoms with Gasteiger partial charge >= 0.3 is 0 Å². The Hall–Kier alpha value is -2.45. The summed E-state index contributed by atoms with van der Waals surface area (Å²) in [7, 11) is 2.04. The summed E-state index contributed by atoms with van der Waals surface area (Å²) in [5.74, 6) is -5.27. The molecule has 1 aromatic carbocycles. The predicted molar refractivity (Wildman–Crippen MR) is 102 cm³/mol. The van der Waals surface area contributed by atoms with Crippen LogP contribution in [-0.4, -0.2) is 47.3 Å². The fourth-order valence-corrected chi connectivity index (χ4v) is 3.60. The van der Waals surface area contributed by atoms with Gasteiger partial charge in [0.1, 0.15) is 34.5 Å². The van der Waals surface area contributed by atoms with Crippen LogP contribution in [0.3, 0.4) is 0 Å². The fourth-order valence-electron chi connectivity index (χ4n) is 3.36. The van der Waals surface area contributed by atoms with Gasteiger partial charge < -0.3 is 9.80 Å². The molecule has 0 aliphatic carbocycles. The van der Waals surface area contributed by atoms with Gasteiger partial charge in [-0.15, -0.1) is 0 Å². The number of Topliss-reactive ketones (excluding diaryl/α,β-unsaturated/α-hetero) is 1. The molecule has 154 valence electrons. The Morgan fingerprint density at radius 3 is 2.38 bits per heavy atom. The Kier molecular flexibility index (Phi) is 6.24. The van der Waals surface area contributed by atoms with Crippen molar-refractivity contribution in [1.82, 2.24) is 4.98 Å². The van der Waals surface area contributed by atoms with Crippen molar-refractivity contribution in [3.05, 3.63) is 59.0 Å². The molecule has 1 saturated heterocycles. The van der Waals surface area contributed by atoms with E-state index in [1.165, 1.54) is 18.2 Å². The first kappa shape index (κ1) is 21.3. The van der Waals surface area contributed by atoms with Crippen molar-refractivity contribution in [2.45, 2.75) is 12.8 Å². The molecule has 2 heterocycles. The van der Waals surface area contributed by atoms with Crippen LogP contribution in [-0.2, 0) is 0 Å². The molecule has 0 bridgehead atoms. The Labute approximate surface area is 171 Å². The van der Waals surface area contributed by atoms with E-state index in [-0.39, 0.29) is 23.2 Å². The molecule has 0 radical (unpaired) electrons. The van der Waals surface area contributed by atoms with Crippen LogP contribution in [0.4, 0.5) is 19.0 Å². The maximum Gasteiger partial charge on any atom is 0.262 e. The molecule has 0 unspecified atom stereocenters. The van der Waals surface area contributed by atoms with E-state index in [4.69, 9.17) is 11.6 Å². The van der Waals surface area contributed by atoms with Crippen molar-refractivity contribution < 1.29 is 27.2 Å². The summed E-state index contributed by atoms with van der Waals surface area (Å²) in [6.07, 6.45) is 1.35. The minimum Gasteiger partial charge on any atom is -0.313 e. The third kappa shape index (κ3) is 4.76. The molecule has 3 rings (SSSR count). The van der Waals surface area contributed by atoms with E-state index < -0.39 is 28.9 Å². The highest BCUT2D eigenvalue weighted by Crippen LogP contribution is 2.26. The van der Waals surface area contributed by atoms with E-state index in [0.717, 1.165) is 13.1 Å². The van der Waals surface area contributed by atoms with Crippen LogP contribution in [0.25, 0.3) is 0 Å². The summed E-state index contributed by atoms with van der Waals surface area (Å²) in [5.41, 5.74) is -0.759. The Morgan fingerprint density at radius 1 is 1.17 bits per heavy atom. The van der Waals surface area contributed by atoms with Crippen LogP contribution in [0.2, 0.25) is 0 Å². The number of carbonyl (C=O) groups is 2. The summed E-state index contributed by atoms with van der Waals surface area (Å²) in [5, 5.41) is 2.25. The number of nitrogens with zero attached hydrogens (tertiary/aromatic N) is 2. The van der Waals surface area contributed by atoms with Gasteiger partial charge in [0.15, 0.2) is 11.8 Å². The van der Waals surface area contributed by atoms with Crippen LogP contribution in [0.15, 0.2) is 30.3 Å². The van der Waals surface area contributed by atoms with Gasteiger partial charge in [-0.3, -0.25) is 9.59 Å². The van der Waals surface area contributed by atoms with Gasteiger partial charge in [0.05, 0.1) is 20.1 Å². The van der Waals surface area contributed by atoms with E-state index in [0.29, 0.717) is 35.5 Å². The lowest BCUT2D eigenvalue weighted by Crippen LogP contribution is -2.49. The zero-order valence-corrected chi connectivity index (χ0v) is 16.5. The van der Waals surface area contributed by atoms with Gasteiger partial charge in [-0.05, 0) is 12.1 Å². The average molecular weight is 427 g/mol. The zero-order chi connectivity index (χ0) is 21.2. The number of piperidine rings is 1. The molecule has 0 atom stereocenters. The first-order chi connectivity index (χ1) is 13.7. The summed E-state index contributed by atoms with van der Waals surface area (Å²) in [6, 6.07) is 5.77. The van der Waals surface area contributed by atoms with E-state index >= 15 is 0 Å². The molecule has 0 spiro atoms. The van der Waals surface area contributed by atoms with Crippen molar-refractivity contribution in [2.75, 3.05) is 31.5 Å². The number of ketones is 1. The number of carbonyl (C=O) groups excluding carboxylic acids is 2. The van der Waals surface area contributed by atoms with E-state index in [2.05, 4.69) is 10.3 Å². The monoisotopic (exact) mass is 426 g/mol. The Balaban J connectivity index is 1.73. The van der Waals surface area contributed by atoms with Crippen LogP contribution in [0.1, 0.15) is 33.7 Å². The van der Waals surface area contributed by atoms with Gasteiger partial charge in [0, 0.05) is 30.9 Å². The number of aromatic nitrogens is 1. The van der Waals surface area contributed by atoms with Crippen LogP contribution < -0.4 is 5.32 Å². The minimum absolute atomic E-state index is 0.0267. The lowest BCUT2D eigenvalue weighted by molar-refractivity contribution is -0.904. The maximum absolute atomic E-state index is 13.8. The summed E-state index contributed by atoms with van der Waals surface area (Å²) >= 11 is 5.98. The number of alkyl halides is 1. The topological polar surface area (TPSA) is 59.1 Å². The first-order valence-electron chi connectivity index (χ1n) is 9.09. The number of halogens is 4. The normalized spacial score (nSPS) is 21.6. The number of amides is 1. The van der Waals surface area contributed by atoms with Crippen LogP contribution in [0, 0.1) is 23.4 Å². The molecular formula is C20H20ClF3N3O2+. The third-order valence-corrected chi connectivity index (χ3v) is 5.75. The van der Waals surface area contributed by atoms with Crippen molar-refractivity contribution in [1.29, 1.82) is 0 Å². The molecule has 9 heteroatoms. The SMILES string of the molecule is C[N+]1(CCl)CCC(C(=O)c2cccc(NC(=O)c3c(F)cc(F)cc3F)n2)CC1. The van der Waals surface area contributed by atoms with Gasteiger partial charge in [0.25, 0.3) is 5.91 Å². The number of quaternary nitrogens is 1.